The Labute approximate surface area is 341 Å². The molecule has 0 aliphatic carbocycles. The minimum absolute atomic E-state index is 0.0762. The molecule has 0 aromatic heterocycles. The van der Waals surface area contributed by atoms with Crippen LogP contribution >= 0.6 is 11.8 Å². The van der Waals surface area contributed by atoms with Crippen LogP contribution in [0.5, 0.6) is 23.0 Å². The summed E-state index contributed by atoms with van der Waals surface area (Å²) in [6.07, 6.45) is 6.77. The van der Waals surface area contributed by atoms with Crippen LogP contribution in [-0.4, -0.2) is 95.8 Å². The lowest BCUT2D eigenvalue weighted by Gasteiger charge is -2.36. The fraction of sp³-hybridized carbons (Fsp3) is 0.442. The first-order valence-electron chi connectivity index (χ1n) is 19.7. The third-order valence-corrected chi connectivity index (χ3v) is 12.6. The van der Waals surface area contributed by atoms with Crippen LogP contribution in [0, 0.1) is 0 Å². The second-order valence-electron chi connectivity index (χ2n) is 15.3. The van der Waals surface area contributed by atoms with Gasteiger partial charge in [0, 0.05) is 92.8 Å². The van der Waals surface area contributed by atoms with Crippen molar-refractivity contribution in [2.24, 2.45) is 0 Å². The van der Waals surface area contributed by atoms with E-state index in [1.807, 2.05) is 18.8 Å². The Kier molecular flexibility index (Phi) is 12.0. The third kappa shape index (κ3) is 8.36. The molecule has 2 N–H and O–H groups in total. The number of hydrogen-bond acceptors (Lipinski definition) is 11. The second kappa shape index (κ2) is 17.1. The molecule has 3 aromatic carbocycles. The van der Waals surface area contributed by atoms with Crippen LogP contribution in [0.25, 0.3) is 0 Å². The molecular formula is C43H48N4O10S. The summed E-state index contributed by atoms with van der Waals surface area (Å²) in [7, 11) is 3.58. The Balaban J connectivity index is 0.921. The second-order valence-corrected chi connectivity index (χ2v) is 16.5. The standard InChI is InChI=1S/C43H48N4O10S/c1-25(48)54-28-14-17-32-35(22-28)56-36-23-29(55-26(2)49)15-18-33(36)43(32)31-16-13-27(21-30(31)41(52)57-43)40(51)47(4)20-10-6-5-9-19-46(3)38(50)12-8-7-11-37-39-34(24-58-37)44-42(53)45-39/h13-18,21-23,34,37,39H,5-12,19-20,24H2,1-4H3,(H2,44,45,53)/t34?,37-,39?/m0/s1. The maximum absolute atomic E-state index is 13.7. The van der Waals surface area contributed by atoms with E-state index < -0.39 is 23.5 Å². The highest BCUT2D eigenvalue weighted by atomic mass is 32.2. The molecule has 2 saturated heterocycles. The molecule has 0 bridgehead atoms. The van der Waals surface area contributed by atoms with E-state index in [-0.39, 0.29) is 58.5 Å². The lowest BCUT2D eigenvalue weighted by molar-refractivity contribution is -0.132. The summed E-state index contributed by atoms with van der Waals surface area (Å²) in [5.74, 6) is 0.193. The van der Waals surface area contributed by atoms with Gasteiger partial charge >= 0.3 is 23.9 Å². The van der Waals surface area contributed by atoms with Crippen molar-refractivity contribution < 1.29 is 47.7 Å². The highest BCUT2D eigenvalue weighted by molar-refractivity contribution is 8.00. The van der Waals surface area contributed by atoms with Gasteiger partial charge in [-0.1, -0.05) is 25.3 Å². The van der Waals surface area contributed by atoms with Crippen molar-refractivity contribution >= 4 is 47.5 Å². The number of carbonyl (C=O) groups is 6. The van der Waals surface area contributed by atoms with Crippen molar-refractivity contribution in [1.82, 2.24) is 20.4 Å². The molecule has 2 fully saturated rings. The Morgan fingerprint density at radius 3 is 2.03 bits per heavy atom. The Hall–Kier alpha value is -5.57. The zero-order chi connectivity index (χ0) is 41.1. The molecule has 0 radical (unpaired) electrons. The van der Waals surface area contributed by atoms with Crippen molar-refractivity contribution in [3.63, 3.8) is 0 Å². The van der Waals surface area contributed by atoms with Crippen LogP contribution < -0.4 is 24.8 Å². The molecule has 58 heavy (non-hydrogen) atoms. The minimum atomic E-state index is -1.46. The van der Waals surface area contributed by atoms with Crippen LogP contribution in [0.2, 0.25) is 0 Å². The molecule has 4 amide bonds. The van der Waals surface area contributed by atoms with Gasteiger partial charge in [0.05, 0.1) is 17.6 Å². The number of nitrogens with one attached hydrogen (secondary N) is 2. The number of urea groups is 1. The molecule has 1 spiro atoms. The van der Waals surface area contributed by atoms with Gasteiger partial charge in [0.1, 0.15) is 23.0 Å². The number of rotatable bonds is 15. The van der Waals surface area contributed by atoms with Gasteiger partial charge in [-0.3, -0.25) is 19.2 Å². The predicted molar refractivity (Wildman–Crippen MR) is 214 cm³/mol. The first-order valence-corrected chi connectivity index (χ1v) is 20.8. The molecule has 4 aliphatic rings. The summed E-state index contributed by atoms with van der Waals surface area (Å²) in [5, 5.41) is 6.39. The maximum atomic E-state index is 13.7. The van der Waals surface area contributed by atoms with Crippen LogP contribution in [0.1, 0.15) is 103 Å². The van der Waals surface area contributed by atoms with Crippen molar-refractivity contribution in [3.8, 4) is 23.0 Å². The third-order valence-electron chi connectivity index (χ3n) is 11.1. The molecular weight excluding hydrogens is 765 g/mol. The molecule has 15 heteroatoms. The van der Waals surface area contributed by atoms with Gasteiger partial charge in [-0.25, -0.2) is 9.59 Å². The Morgan fingerprint density at radius 1 is 0.776 bits per heavy atom. The SMILES string of the molecule is CC(=O)Oc1ccc2c(c1)Oc1cc(OC(C)=O)ccc1C21OC(=O)c2cc(C(=O)N(C)CCCCCCN(C)C(=O)CCCC[C@@H]3SCC4NC(=O)NC43)ccc21. The molecule has 3 atom stereocenters. The van der Waals surface area contributed by atoms with Gasteiger partial charge < -0.3 is 39.4 Å². The molecule has 14 nitrogen and oxygen atoms in total. The van der Waals surface area contributed by atoms with Crippen molar-refractivity contribution in [3.05, 3.63) is 82.4 Å². The van der Waals surface area contributed by atoms with Gasteiger partial charge in [0.2, 0.25) is 5.91 Å². The van der Waals surface area contributed by atoms with Crippen molar-refractivity contribution in [1.29, 1.82) is 0 Å². The summed E-state index contributed by atoms with van der Waals surface area (Å²) < 4.78 is 23.0. The number of benzene rings is 3. The van der Waals surface area contributed by atoms with Gasteiger partial charge in [-0.2, -0.15) is 11.8 Å². The number of amides is 4. The molecule has 7 rings (SSSR count). The first kappa shape index (κ1) is 40.6. The molecule has 2 unspecified atom stereocenters. The monoisotopic (exact) mass is 812 g/mol. The number of ether oxygens (including phenoxy) is 4. The van der Waals surface area contributed by atoms with Gasteiger partial charge in [-0.05, 0) is 62.1 Å². The molecule has 4 heterocycles. The number of carbonyl (C=O) groups excluding carboxylic acids is 6. The molecule has 4 aliphatic heterocycles. The quantitative estimate of drug-likeness (QED) is 0.0809. The van der Waals surface area contributed by atoms with Crippen molar-refractivity contribution in [2.45, 2.75) is 88.1 Å². The summed E-state index contributed by atoms with van der Waals surface area (Å²) in [5.41, 5.74) is 0.590. The number of hydrogen-bond donors (Lipinski definition) is 2. The average molecular weight is 813 g/mol. The number of thioether (sulfide) groups is 1. The van der Waals surface area contributed by atoms with E-state index in [0.717, 1.165) is 50.7 Å². The fourth-order valence-corrected chi connectivity index (χ4v) is 9.78. The predicted octanol–water partition coefficient (Wildman–Crippen LogP) is 5.92. The lowest BCUT2D eigenvalue weighted by atomic mass is 9.77. The largest absolute Gasteiger partial charge is 0.456 e. The topological polar surface area (TPSA) is 170 Å². The van der Waals surface area contributed by atoms with E-state index in [0.29, 0.717) is 47.0 Å². The van der Waals surface area contributed by atoms with Crippen LogP contribution in [0.15, 0.2) is 54.6 Å². The fourth-order valence-electron chi connectivity index (χ4n) is 8.23. The summed E-state index contributed by atoms with van der Waals surface area (Å²) in [6, 6.07) is 14.9. The van der Waals surface area contributed by atoms with Crippen molar-refractivity contribution in [2.75, 3.05) is 32.9 Å². The van der Waals surface area contributed by atoms with E-state index in [2.05, 4.69) is 10.6 Å². The highest BCUT2D eigenvalue weighted by Gasteiger charge is 2.54. The smallest absolute Gasteiger partial charge is 0.340 e. The summed E-state index contributed by atoms with van der Waals surface area (Å²) in [6.45, 7) is 3.77. The molecule has 3 aromatic rings. The van der Waals surface area contributed by atoms with E-state index in [9.17, 15) is 28.8 Å². The van der Waals surface area contributed by atoms with Gasteiger partial charge in [0.25, 0.3) is 5.91 Å². The number of unbranched alkanes of at least 4 members (excludes halogenated alkanes) is 4. The Morgan fingerprint density at radius 2 is 1.40 bits per heavy atom. The minimum Gasteiger partial charge on any atom is -0.456 e. The van der Waals surface area contributed by atoms with Crippen LogP contribution in [0.3, 0.4) is 0 Å². The maximum Gasteiger partial charge on any atom is 0.340 e. The Bertz CT molecular complexity index is 2080. The summed E-state index contributed by atoms with van der Waals surface area (Å²) in [4.78, 5) is 78.5. The summed E-state index contributed by atoms with van der Waals surface area (Å²) >= 11 is 1.89. The zero-order valence-electron chi connectivity index (χ0n) is 33.1. The van der Waals surface area contributed by atoms with E-state index in [4.69, 9.17) is 18.9 Å². The van der Waals surface area contributed by atoms with Crippen LogP contribution in [0.4, 0.5) is 4.79 Å². The lowest BCUT2D eigenvalue weighted by Crippen LogP contribution is -2.36. The molecule has 0 saturated carbocycles. The average Bonchev–Trinajstić information content (AvgIpc) is 3.83. The van der Waals surface area contributed by atoms with E-state index >= 15 is 0 Å². The van der Waals surface area contributed by atoms with Gasteiger partial charge in [-0.15, -0.1) is 0 Å². The van der Waals surface area contributed by atoms with Gasteiger partial charge in [0.15, 0.2) is 5.60 Å². The van der Waals surface area contributed by atoms with Crippen LogP contribution in [-0.2, 0) is 24.7 Å². The first-order chi connectivity index (χ1) is 27.8. The number of nitrogens with zero attached hydrogens (tertiary/aromatic N) is 2. The number of esters is 3. The molecule has 306 valence electrons. The van der Waals surface area contributed by atoms with E-state index in [1.165, 1.54) is 26.0 Å². The zero-order valence-corrected chi connectivity index (χ0v) is 33.9. The normalized spacial score (nSPS) is 19.1. The number of fused-ring (bicyclic) bond motifs is 7. The highest BCUT2D eigenvalue weighted by Crippen LogP contribution is 2.57. The van der Waals surface area contributed by atoms with E-state index in [1.54, 1.807) is 59.3 Å².